The third kappa shape index (κ3) is 4.69. The summed E-state index contributed by atoms with van der Waals surface area (Å²) in [5.74, 6) is -0.0248. The SMILES string of the molecule is COc1ccc(CNS(=O)(=O)Cc2ccc(F)cc2)c(Cl)c1. The topological polar surface area (TPSA) is 55.4 Å². The fourth-order valence-electron chi connectivity index (χ4n) is 1.84. The molecular formula is C15H15ClFNO3S. The lowest BCUT2D eigenvalue weighted by Crippen LogP contribution is -2.24. The van der Waals surface area contributed by atoms with Gasteiger partial charge in [0, 0.05) is 11.6 Å². The van der Waals surface area contributed by atoms with Gasteiger partial charge in [0.2, 0.25) is 10.0 Å². The third-order valence-electron chi connectivity index (χ3n) is 3.01. The van der Waals surface area contributed by atoms with Gasteiger partial charge in [-0.3, -0.25) is 0 Å². The predicted molar refractivity (Wildman–Crippen MR) is 83.9 cm³/mol. The highest BCUT2D eigenvalue weighted by molar-refractivity contribution is 7.88. The van der Waals surface area contributed by atoms with Gasteiger partial charge in [-0.1, -0.05) is 29.8 Å². The van der Waals surface area contributed by atoms with E-state index in [1.54, 1.807) is 18.2 Å². The molecule has 0 aliphatic rings. The summed E-state index contributed by atoms with van der Waals surface area (Å²) in [6.45, 7) is 0.0757. The number of sulfonamides is 1. The molecule has 0 bridgehead atoms. The maximum atomic E-state index is 12.8. The van der Waals surface area contributed by atoms with Crippen LogP contribution in [0.25, 0.3) is 0 Å². The molecule has 0 heterocycles. The molecule has 0 spiro atoms. The summed E-state index contributed by atoms with van der Waals surface area (Å²) in [7, 11) is -2.02. The normalized spacial score (nSPS) is 11.4. The van der Waals surface area contributed by atoms with Gasteiger partial charge in [0.1, 0.15) is 11.6 Å². The van der Waals surface area contributed by atoms with Crippen molar-refractivity contribution < 1.29 is 17.5 Å². The van der Waals surface area contributed by atoms with E-state index in [-0.39, 0.29) is 12.3 Å². The highest BCUT2D eigenvalue weighted by Crippen LogP contribution is 2.22. The van der Waals surface area contributed by atoms with Gasteiger partial charge < -0.3 is 4.74 Å². The largest absolute Gasteiger partial charge is 0.497 e. The van der Waals surface area contributed by atoms with E-state index >= 15 is 0 Å². The second-order valence-corrected chi connectivity index (χ2v) is 6.88. The Kier molecular flexibility index (Phi) is 5.39. The van der Waals surface area contributed by atoms with Crippen molar-refractivity contribution in [2.24, 2.45) is 0 Å². The molecule has 118 valence electrons. The maximum Gasteiger partial charge on any atom is 0.216 e. The van der Waals surface area contributed by atoms with E-state index in [2.05, 4.69) is 4.72 Å². The Labute approximate surface area is 133 Å². The van der Waals surface area contributed by atoms with Crippen LogP contribution in [0.5, 0.6) is 5.75 Å². The standard InChI is InChI=1S/C15H15ClFNO3S/c1-21-14-7-4-12(15(16)8-14)9-18-22(19,20)10-11-2-5-13(17)6-3-11/h2-8,18H,9-10H2,1H3. The smallest absolute Gasteiger partial charge is 0.216 e. The number of hydrogen-bond acceptors (Lipinski definition) is 3. The third-order valence-corrected chi connectivity index (χ3v) is 4.66. The maximum absolute atomic E-state index is 12.8. The van der Waals surface area contributed by atoms with Gasteiger partial charge >= 0.3 is 0 Å². The number of methoxy groups -OCH3 is 1. The Balaban J connectivity index is 2.02. The minimum Gasteiger partial charge on any atom is -0.497 e. The molecule has 0 fully saturated rings. The lowest BCUT2D eigenvalue weighted by molar-refractivity contribution is 0.414. The summed E-state index contributed by atoms with van der Waals surface area (Å²) in [5, 5.41) is 0.420. The Morgan fingerprint density at radius 1 is 1.18 bits per heavy atom. The fourth-order valence-corrected chi connectivity index (χ4v) is 3.18. The molecule has 2 aromatic rings. The Hall–Kier alpha value is -1.63. The Morgan fingerprint density at radius 3 is 2.45 bits per heavy atom. The first-order chi connectivity index (χ1) is 10.4. The van der Waals surface area contributed by atoms with Crippen LogP contribution in [0.1, 0.15) is 11.1 Å². The van der Waals surface area contributed by atoms with Crippen molar-refractivity contribution >= 4 is 21.6 Å². The zero-order valence-electron chi connectivity index (χ0n) is 11.8. The Morgan fingerprint density at radius 2 is 1.86 bits per heavy atom. The number of rotatable bonds is 6. The summed E-state index contributed by atoms with van der Waals surface area (Å²) >= 11 is 6.06. The first-order valence-electron chi connectivity index (χ1n) is 6.44. The van der Waals surface area contributed by atoms with Gasteiger partial charge in [-0.15, -0.1) is 0 Å². The molecule has 7 heteroatoms. The molecule has 22 heavy (non-hydrogen) atoms. The van der Waals surface area contributed by atoms with Crippen LogP contribution in [0.4, 0.5) is 4.39 Å². The van der Waals surface area contributed by atoms with Gasteiger partial charge in [0.25, 0.3) is 0 Å². The van der Waals surface area contributed by atoms with Crippen LogP contribution >= 0.6 is 11.6 Å². The summed E-state index contributed by atoms with van der Waals surface area (Å²) in [5.41, 5.74) is 1.15. The van der Waals surface area contributed by atoms with Crippen molar-refractivity contribution in [2.75, 3.05) is 7.11 Å². The monoisotopic (exact) mass is 343 g/mol. The van der Waals surface area contributed by atoms with Crippen molar-refractivity contribution in [3.05, 3.63) is 64.4 Å². The van der Waals surface area contributed by atoms with E-state index in [9.17, 15) is 12.8 Å². The number of nitrogens with one attached hydrogen (secondary N) is 1. The van der Waals surface area contributed by atoms with Crippen molar-refractivity contribution in [2.45, 2.75) is 12.3 Å². The molecule has 2 aromatic carbocycles. The average Bonchev–Trinajstić information content (AvgIpc) is 2.48. The van der Waals surface area contributed by atoms with E-state index in [0.717, 1.165) is 0 Å². The fraction of sp³-hybridized carbons (Fsp3) is 0.200. The molecule has 1 N–H and O–H groups in total. The molecule has 0 unspecified atom stereocenters. The second kappa shape index (κ2) is 7.09. The number of ether oxygens (including phenoxy) is 1. The molecule has 0 saturated heterocycles. The molecule has 0 atom stereocenters. The predicted octanol–water partition coefficient (Wildman–Crippen LogP) is 3.11. The van der Waals surface area contributed by atoms with Crippen LogP contribution in [-0.2, 0) is 22.3 Å². The van der Waals surface area contributed by atoms with Crippen molar-refractivity contribution in [1.82, 2.24) is 4.72 Å². The summed E-state index contributed by atoms with van der Waals surface area (Å²) < 4.78 is 44.3. The summed E-state index contributed by atoms with van der Waals surface area (Å²) in [4.78, 5) is 0. The van der Waals surface area contributed by atoms with Crippen LogP contribution < -0.4 is 9.46 Å². The van der Waals surface area contributed by atoms with Crippen LogP contribution in [0.2, 0.25) is 5.02 Å². The van der Waals surface area contributed by atoms with Crippen molar-refractivity contribution in [1.29, 1.82) is 0 Å². The molecule has 0 aromatic heterocycles. The first kappa shape index (κ1) is 16.7. The van der Waals surface area contributed by atoms with Crippen LogP contribution in [0.3, 0.4) is 0 Å². The number of halogens is 2. The van der Waals surface area contributed by atoms with Gasteiger partial charge in [0.05, 0.1) is 12.9 Å². The number of benzene rings is 2. The second-order valence-electron chi connectivity index (χ2n) is 4.66. The highest BCUT2D eigenvalue weighted by Gasteiger charge is 2.12. The molecular weight excluding hydrogens is 329 g/mol. The first-order valence-corrected chi connectivity index (χ1v) is 8.47. The molecule has 4 nitrogen and oxygen atoms in total. The van der Waals surface area contributed by atoms with E-state index in [1.807, 2.05) is 0 Å². The van der Waals surface area contributed by atoms with Gasteiger partial charge in [0.15, 0.2) is 0 Å². The van der Waals surface area contributed by atoms with Gasteiger partial charge in [-0.05, 0) is 35.4 Å². The van der Waals surface area contributed by atoms with Gasteiger partial charge in [-0.25, -0.2) is 17.5 Å². The minimum atomic E-state index is -3.54. The van der Waals surface area contributed by atoms with Crippen LogP contribution in [-0.4, -0.2) is 15.5 Å². The lowest BCUT2D eigenvalue weighted by Gasteiger charge is -2.09. The molecule has 0 aliphatic heterocycles. The lowest BCUT2D eigenvalue weighted by atomic mass is 10.2. The van der Waals surface area contributed by atoms with E-state index < -0.39 is 15.8 Å². The molecule has 0 radical (unpaired) electrons. The quantitative estimate of drug-likeness (QED) is 0.876. The number of hydrogen-bond donors (Lipinski definition) is 1. The molecule has 0 amide bonds. The highest BCUT2D eigenvalue weighted by atomic mass is 35.5. The minimum absolute atomic E-state index is 0.0757. The van der Waals surface area contributed by atoms with E-state index in [0.29, 0.717) is 21.9 Å². The van der Waals surface area contributed by atoms with E-state index in [1.165, 1.54) is 31.4 Å². The average molecular weight is 344 g/mol. The van der Waals surface area contributed by atoms with Crippen LogP contribution in [0, 0.1) is 5.82 Å². The molecule has 2 rings (SSSR count). The van der Waals surface area contributed by atoms with Crippen LogP contribution in [0.15, 0.2) is 42.5 Å². The van der Waals surface area contributed by atoms with Crippen molar-refractivity contribution in [3.8, 4) is 5.75 Å². The molecule has 0 saturated carbocycles. The molecule has 0 aliphatic carbocycles. The van der Waals surface area contributed by atoms with Gasteiger partial charge in [-0.2, -0.15) is 0 Å². The van der Waals surface area contributed by atoms with E-state index in [4.69, 9.17) is 16.3 Å². The Bertz CT molecular complexity index is 748. The van der Waals surface area contributed by atoms with Crippen molar-refractivity contribution in [3.63, 3.8) is 0 Å². The zero-order chi connectivity index (χ0) is 16.2. The summed E-state index contributed by atoms with van der Waals surface area (Å²) in [6.07, 6.45) is 0. The zero-order valence-corrected chi connectivity index (χ0v) is 13.4. The summed E-state index contributed by atoms with van der Waals surface area (Å²) in [6, 6.07) is 10.3.